The van der Waals surface area contributed by atoms with Gasteiger partial charge in [-0.25, -0.2) is 0 Å². The number of rotatable bonds is 51. The molecular formula is C64H106O6. The molecule has 0 aromatic rings. The fraction of sp³-hybridized carbons (Fsp3) is 0.672. The van der Waals surface area contributed by atoms with E-state index >= 15 is 0 Å². The van der Waals surface area contributed by atoms with Crippen molar-refractivity contribution in [2.75, 3.05) is 13.2 Å². The molecule has 0 saturated carbocycles. The maximum Gasteiger partial charge on any atom is 0.306 e. The Balaban J connectivity index is 4.33. The monoisotopic (exact) mass is 971 g/mol. The summed E-state index contributed by atoms with van der Waals surface area (Å²) < 4.78 is 16.8. The number of unbranched alkanes of at least 4 members (excludes halogenated alkanes) is 22. The Morgan fingerprint density at radius 1 is 0.300 bits per heavy atom. The predicted molar refractivity (Wildman–Crippen MR) is 302 cm³/mol. The molecule has 0 fully saturated rings. The van der Waals surface area contributed by atoms with Crippen molar-refractivity contribution in [3.05, 3.63) is 109 Å². The quantitative estimate of drug-likeness (QED) is 0.0262. The number of esters is 3. The maximum absolute atomic E-state index is 12.8. The Morgan fingerprint density at radius 2 is 0.557 bits per heavy atom. The molecule has 0 aromatic carbocycles. The number of hydrogen-bond acceptors (Lipinski definition) is 6. The highest BCUT2D eigenvalue weighted by molar-refractivity contribution is 5.71. The van der Waals surface area contributed by atoms with Crippen LogP contribution in [-0.2, 0) is 28.6 Å². The van der Waals surface area contributed by atoms with E-state index < -0.39 is 6.10 Å². The van der Waals surface area contributed by atoms with Crippen LogP contribution in [0.25, 0.3) is 0 Å². The third-order valence-corrected chi connectivity index (χ3v) is 12.0. The average molecular weight is 972 g/mol. The summed E-state index contributed by atoms with van der Waals surface area (Å²) in [6.07, 6.45) is 78.0. The van der Waals surface area contributed by atoms with E-state index in [4.69, 9.17) is 14.2 Å². The first kappa shape index (κ1) is 66.1. The first-order valence-corrected chi connectivity index (χ1v) is 28.9. The second-order valence-electron chi connectivity index (χ2n) is 18.8. The lowest BCUT2D eigenvalue weighted by Crippen LogP contribution is -2.30. The summed E-state index contributed by atoms with van der Waals surface area (Å²) >= 11 is 0. The topological polar surface area (TPSA) is 78.9 Å². The lowest BCUT2D eigenvalue weighted by Gasteiger charge is -2.18. The summed E-state index contributed by atoms with van der Waals surface area (Å²) in [5.41, 5.74) is 0. The summed E-state index contributed by atoms with van der Waals surface area (Å²) in [4.78, 5) is 38.0. The van der Waals surface area contributed by atoms with Crippen LogP contribution in [0.2, 0.25) is 0 Å². The first-order chi connectivity index (χ1) is 34.5. The second kappa shape index (κ2) is 57.6. The van der Waals surface area contributed by atoms with Crippen molar-refractivity contribution < 1.29 is 28.6 Å². The molecule has 398 valence electrons. The Hall–Kier alpha value is -3.93. The van der Waals surface area contributed by atoms with Crippen LogP contribution >= 0.6 is 0 Å². The normalized spacial score (nSPS) is 12.9. The predicted octanol–water partition coefficient (Wildman–Crippen LogP) is 19.5. The maximum atomic E-state index is 12.8. The molecule has 0 aliphatic heterocycles. The highest BCUT2D eigenvalue weighted by Gasteiger charge is 2.19. The van der Waals surface area contributed by atoms with Crippen molar-refractivity contribution in [1.82, 2.24) is 0 Å². The van der Waals surface area contributed by atoms with E-state index in [1.165, 1.54) is 103 Å². The average Bonchev–Trinajstić information content (AvgIpc) is 3.36. The zero-order valence-electron chi connectivity index (χ0n) is 45.5. The molecule has 0 saturated heterocycles. The third-order valence-electron chi connectivity index (χ3n) is 12.0. The van der Waals surface area contributed by atoms with Gasteiger partial charge < -0.3 is 14.2 Å². The Morgan fingerprint density at radius 3 is 0.914 bits per heavy atom. The number of allylic oxidation sites excluding steroid dienone is 18. The minimum atomic E-state index is -0.794. The van der Waals surface area contributed by atoms with Crippen molar-refractivity contribution in [3.8, 4) is 0 Å². The van der Waals surface area contributed by atoms with E-state index in [1.807, 2.05) is 0 Å². The van der Waals surface area contributed by atoms with Gasteiger partial charge in [-0.05, 0) is 109 Å². The third kappa shape index (κ3) is 55.0. The number of carbonyl (C=O) groups excluding carboxylic acids is 3. The molecule has 6 heteroatoms. The van der Waals surface area contributed by atoms with Gasteiger partial charge in [-0.1, -0.05) is 239 Å². The van der Waals surface area contributed by atoms with Gasteiger partial charge in [0.05, 0.1) is 0 Å². The van der Waals surface area contributed by atoms with Gasteiger partial charge in [0.1, 0.15) is 13.2 Å². The summed E-state index contributed by atoms with van der Waals surface area (Å²) in [7, 11) is 0. The molecule has 0 amide bonds. The van der Waals surface area contributed by atoms with Gasteiger partial charge in [-0.3, -0.25) is 14.4 Å². The van der Waals surface area contributed by atoms with Gasteiger partial charge in [0, 0.05) is 19.3 Å². The fourth-order valence-corrected chi connectivity index (χ4v) is 7.69. The van der Waals surface area contributed by atoms with Crippen molar-refractivity contribution in [3.63, 3.8) is 0 Å². The SMILES string of the molecule is CC/C=C\C/C=C\C/C=C\C/C=C\C/C=C\C/C=C\C/C=C\CCCCCC(=O)OCC(COC(=O)CCCCCCCCCC)OC(=O)CCCCCCCCCCC/C=C\C/C=C\CCCCC. The molecule has 1 atom stereocenters. The molecule has 0 radical (unpaired) electrons. The largest absolute Gasteiger partial charge is 0.462 e. The van der Waals surface area contributed by atoms with E-state index in [-0.39, 0.29) is 31.1 Å². The van der Waals surface area contributed by atoms with E-state index in [9.17, 15) is 14.4 Å². The highest BCUT2D eigenvalue weighted by atomic mass is 16.6. The van der Waals surface area contributed by atoms with Crippen LogP contribution < -0.4 is 0 Å². The Bertz CT molecular complexity index is 1440. The van der Waals surface area contributed by atoms with Gasteiger partial charge in [0.15, 0.2) is 6.10 Å². The van der Waals surface area contributed by atoms with E-state index in [0.717, 1.165) is 116 Å². The number of carbonyl (C=O) groups is 3. The van der Waals surface area contributed by atoms with Gasteiger partial charge in [0.25, 0.3) is 0 Å². The Kier molecular flexibility index (Phi) is 54.4. The van der Waals surface area contributed by atoms with E-state index in [1.54, 1.807) is 0 Å². The molecule has 70 heavy (non-hydrogen) atoms. The molecule has 0 aliphatic rings. The molecule has 0 aromatic heterocycles. The van der Waals surface area contributed by atoms with Gasteiger partial charge >= 0.3 is 17.9 Å². The van der Waals surface area contributed by atoms with Crippen LogP contribution in [-0.4, -0.2) is 37.2 Å². The number of ether oxygens (including phenoxy) is 3. The zero-order chi connectivity index (χ0) is 50.7. The first-order valence-electron chi connectivity index (χ1n) is 28.9. The van der Waals surface area contributed by atoms with Crippen molar-refractivity contribution in [2.45, 2.75) is 264 Å². The van der Waals surface area contributed by atoms with Crippen LogP contribution in [0.4, 0.5) is 0 Å². The van der Waals surface area contributed by atoms with Crippen LogP contribution in [0.3, 0.4) is 0 Å². The molecule has 0 spiro atoms. The Labute approximate surface area is 431 Å². The van der Waals surface area contributed by atoms with Crippen molar-refractivity contribution >= 4 is 17.9 Å². The van der Waals surface area contributed by atoms with Crippen molar-refractivity contribution in [2.24, 2.45) is 0 Å². The van der Waals surface area contributed by atoms with Gasteiger partial charge in [-0.2, -0.15) is 0 Å². The molecule has 0 heterocycles. The van der Waals surface area contributed by atoms with Crippen molar-refractivity contribution in [1.29, 1.82) is 0 Å². The molecule has 0 N–H and O–H groups in total. The van der Waals surface area contributed by atoms with Crippen LogP contribution in [0.1, 0.15) is 258 Å². The highest BCUT2D eigenvalue weighted by Crippen LogP contribution is 2.14. The lowest BCUT2D eigenvalue weighted by atomic mass is 10.1. The lowest BCUT2D eigenvalue weighted by molar-refractivity contribution is -0.167. The molecule has 0 aliphatic carbocycles. The second-order valence-corrected chi connectivity index (χ2v) is 18.8. The van der Waals surface area contributed by atoms with Crippen LogP contribution in [0.15, 0.2) is 109 Å². The van der Waals surface area contributed by atoms with Gasteiger partial charge in [0.2, 0.25) is 0 Å². The van der Waals surface area contributed by atoms with Crippen LogP contribution in [0, 0.1) is 0 Å². The van der Waals surface area contributed by atoms with E-state index in [2.05, 4.69) is 130 Å². The summed E-state index contributed by atoms with van der Waals surface area (Å²) in [6.45, 7) is 6.44. The molecule has 0 rings (SSSR count). The summed E-state index contributed by atoms with van der Waals surface area (Å²) in [6, 6.07) is 0. The molecule has 0 bridgehead atoms. The molecule has 1 unspecified atom stereocenters. The minimum absolute atomic E-state index is 0.0907. The smallest absolute Gasteiger partial charge is 0.306 e. The zero-order valence-corrected chi connectivity index (χ0v) is 45.5. The molecular weight excluding hydrogens is 865 g/mol. The summed E-state index contributed by atoms with van der Waals surface area (Å²) in [5, 5.41) is 0. The van der Waals surface area contributed by atoms with Gasteiger partial charge in [-0.15, -0.1) is 0 Å². The number of hydrogen-bond donors (Lipinski definition) is 0. The summed E-state index contributed by atoms with van der Waals surface area (Å²) in [5.74, 6) is -0.933. The van der Waals surface area contributed by atoms with Crippen LogP contribution in [0.5, 0.6) is 0 Å². The standard InChI is InChI=1S/C64H106O6/c1-4-7-10-13-16-19-21-23-25-27-29-30-31-32-33-34-36-37-39-41-43-45-48-51-54-57-63(66)69-60-61(59-68-62(65)56-53-50-47-18-15-12-9-6-3)70-64(67)58-55-52-49-46-44-42-40-38-35-28-26-24-22-20-17-14-11-8-5-2/h7,10,16-17,19-20,23-26,29-30,32-33,36-37,41,43,61H,4-6,8-9,11-15,18,21-22,27-28,31,34-35,38-40,42,44-60H2,1-3H3/b10-7-,19-16-,20-17-,25-23-,26-24-,30-29-,33-32-,37-36-,43-41-. The fourth-order valence-electron chi connectivity index (χ4n) is 7.69. The van der Waals surface area contributed by atoms with E-state index in [0.29, 0.717) is 19.3 Å². The molecule has 6 nitrogen and oxygen atoms in total. The minimum Gasteiger partial charge on any atom is -0.462 e.